The molecule has 0 spiro atoms. The average Bonchev–Trinajstić information content (AvgIpc) is 3.14. The molecule has 1 atom stereocenters. The van der Waals surface area contributed by atoms with Gasteiger partial charge in [0.15, 0.2) is 0 Å². The second-order valence-corrected chi connectivity index (χ2v) is 5.60. The lowest BCUT2D eigenvalue weighted by Gasteiger charge is -2.11. The maximum atomic E-state index is 9.74. The van der Waals surface area contributed by atoms with Crippen LogP contribution >= 0.6 is 0 Å². The molecule has 2 N–H and O–H groups in total. The van der Waals surface area contributed by atoms with Crippen molar-refractivity contribution in [3.63, 3.8) is 0 Å². The Morgan fingerprint density at radius 2 is 1.59 bits per heavy atom. The molecule has 17 heavy (non-hydrogen) atoms. The third kappa shape index (κ3) is 9.61. The van der Waals surface area contributed by atoms with Crippen LogP contribution in [0.25, 0.3) is 0 Å². The van der Waals surface area contributed by atoms with Crippen LogP contribution in [0.2, 0.25) is 0 Å². The van der Waals surface area contributed by atoms with Crippen molar-refractivity contribution in [1.82, 2.24) is 5.32 Å². The second kappa shape index (κ2) is 9.90. The van der Waals surface area contributed by atoms with E-state index in [0.717, 1.165) is 19.0 Å². The van der Waals surface area contributed by atoms with Crippen LogP contribution in [0.3, 0.4) is 0 Å². The standard InChI is InChI=1S/C15H31NO/c1-2-3-4-5-6-7-8-9-10-15(17)13-16-14-11-12-14/h14-17H,2-13H2,1H3. The Morgan fingerprint density at radius 3 is 2.18 bits per heavy atom. The van der Waals surface area contributed by atoms with Gasteiger partial charge < -0.3 is 10.4 Å². The summed E-state index contributed by atoms with van der Waals surface area (Å²) in [7, 11) is 0. The molecule has 1 unspecified atom stereocenters. The predicted octanol–water partition coefficient (Wildman–Crippen LogP) is 3.63. The zero-order chi connectivity index (χ0) is 12.3. The fraction of sp³-hybridized carbons (Fsp3) is 1.00. The van der Waals surface area contributed by atoms with Crippen LogP contribution in [-0.2, 0) is 0 Å². The van der Waals surface area contributed by atoms with Crippen LogP contribution in [0.1, 0.15) is 77.6 Å². The van der Waals surface area contributed by atoms with Crippen molar-refractivity contribution in [1.29, 1.82) is 0 Å². The third-order valence-corrected chi connectivity index (χ3v) is 3.61. The van der Waals surface area contributed by atoms with E-state index in [2.05, 4.69) is 12.2 Å². The molecule has 0 aromatic carbocycles. The van der Waals surface area contributed by atoms with Crippen molar-refractivity contribution in [2.24, 2.45) is 0 Å². The zero-order valence-corrected chi connectivity index (χ0v) is 11.6. The molecule has 0 heterocycles. The Bertz CT molecular complexity index is 168. The van der Waals surface area contributed by atoms with Gasteiger partial charge in [0.25, 0.3) is 0 Å². The van der Waals surface area contributed by atoms with Crippen molar-refractivity contribution in [3.8, 4) is 0 Å². The van der Waals surface area contributed by atoms with E-state index < -0.39 is 0 Å². The van der Waals surface area contributed by atoms with Crippen LogP contribution in [0.4, 0.5) is 0 Å². The average molecular weight is 241 g/mol. The molecule has 1 fully saturated rings. The first-order valence-electron chi connectivity index (χ1n) is 7.74. The summed E-state index contributed by atoms with van der Waals surface area (Å²) in [6, 6.07) is 0.725. The highest BCUT2D eigenvalue weighted by Gasteiger charge is 2.20. The van der Waals surface area contributed by atoms with Gasteiger partial charge in [-0.2, -0.15) is 0 Å². The monoisotopic (exact) mass is 241 g/mol. The zero-order valence-electron chi connectivity index (χ0n) is 11.6. The number of aliphatic hydroxyl groups excluding tert-OH is 1. The van der Waals surface area contributed by atoms with E-state index in [1.807, 2.05) is 0 Å². The van der Waals surface area contributed by atoms with Crippen molar-refractivity contribution in [2.45, 2.75) is 89.7 Å². The van der Waals surface area contributed by atoms with Crippen LogP contribution in [0, 0.1) is 0 Å². The highest BCUT2D eigenvalue weighted by Crippen LogP contribution is 2.18. The van der Waals surface area contributed by atoms with Crippen molar-refractivity contribution < 1.29 is 5.11 Å². The molecule has 1 aliphatic carbocycles. The summed E-state index contributed by atoms with van der Waals surface area (Å²) in [5.74, 6) is 0. The molecule has 0 bridgehead atoms. The van der Waals surface area contributed by atoms with Gasteiger partial charge in [0, 0.05) is 12.6 Å². The Kier molecular flexibility index (Phi) is 8.72. The maximum Gasteiger partial charge on any atom is 0.0664 e. The fourth-order valence-corrected chi connectivity index (χ4v) is 2.21. The summed E-state index contributed by atoms with van der Waals surface area (Å²) in [5.41, 5.74) is 0. The van der Waals surface area contributed by atoms with Gasteiger partial charge in [0.05, 0.1) is 6.10 Å². The van der Waals surface area contributed by atoms with E-state index in [1.54, 1.807) is 0 Å². The summed E-state index contributed by atoms with van der Waals surface area (Å²) in [5, 5.41) is 13.1. The van der Waals surface area contributed by atoms with Gasteiger partial charge in [-0.1, -0.05) is 58.3 Å². The first-order valence-corrected chi connectivity index (χ1v) is 7.74. The summed E-state index contributed by atoms with van der Waals surface area (Å²) >= 11 is 0. The first kappa shape index (κ1) is 15.0. The van der Waals surface area contributed by atoms with Gasteiger partial charge in [-0.25, -0.2) is 0 Å². The molecule has 1 saturated carbocycles. The summed E-state index contributed by atoms with van der Waals surface area (Å²) in [6.45, 7) is 3.07. The molecule has 0 amide bonds. The molecule has 0 saturated heterocycles. The Labute approximate surface area is 107 Å². The van der Waals surface area contributed by atoms with Crippen molar-refractivity contribution >= 4 is 0 Å². The Hall–Kier alpha value is -0.0800. The van der Waals surface area contributed by atoms with Crippen LogP contribution in [0.15, 0.2) is 0 Å². The van der Waals surface area contributed by atoms with Crippen molar-refractivity contribution in [3.05, 3.63) is 0 Å². The van der Waals surface area contributed by atoms with Gasteiger partial charge in [0.1, 0.15) is 0 Å². The molecule has 1 rings (SSSR count). The Morgan fingerprint density at radius 1 is 1.00 bits per heavy atom. The number of aliphatic hydroxyl groups is 1. The van der Waals surface area contributed by atoms with Crippen LogP contribution in [0.5, 0.6) is 0 Å². The summed E-state index contributed by atoms with van der Waals surface area (Å²) in [6.07, 6.45) is 14.3. The molecule has 0 aromatic rings. The highest BCUT2D eigenvalue weighted by molar-refractivity contribution is 4.81. The lowest BCUT2D eigenvalue weighted by atomic mass is 10.1. The summed E-state index contributed by atoms with van der Waals surface area (Å²) < 4.78 is 0. The number of unbranched alkanes of at least 4 members (excludes halogenated alkanes) is 7. The van der Waals surface area contributed by atoms with E-state index in [0.29, 0.717) is 0 Å². The first-order chi connectivity index (χ1) is 8.33. The number of nitrogens with one attached hydrogen (secondary N) is 1. The predicted molar refractivity (Wildman–Crippen MR) is 74.3 cm³/mol. The van der Waals surface area contributed by atoms with E-state index in [9.17, 15) is 5.11 Å². The molecule has 2 heteroatoms. The van der Waals surface area contributed by atoms with Crippen molar-refractivity contribution in [2.75, 3.05) is 6.54 Å². The fourth-order valence-electron chi connectivity index (χ4n) is 2.21. The molecule has 0 aliphatic heterocycles. The highest BCUT2D eigenvalue weighted by atomic mass is 16.3. The third-order valence-electron chi connectivity index (χ3n) is 3.61. The van der Waals surface area contributed by atoms with Crippen LogP contribution < -0.4 is 5.32 Å². The smallest absolute Gasteiger partial charge is 0.0664 e. The SMILES string of the molecule is CCCCCCCCCCC(O)CNC1CC1. The quantitative estimate of drug-likeness (QED) is 0.511. The number of hydrogen-bond donors (Lipinski definition) is 2. The van der Waals surface area contributed by atoms with Crippen LogP contribution in [-0.4, -0.2) is 23.8 Å². The minimum atomic E-state index is -0.115. The topological polar surface area (TPSA) is 32.3 Å². The van der Waals surface area contributed by atoms with Gasteiger partial charge in [-0.05, 0) is 19.3 Å². The molecule has 1 aliphatic rings. The molecular weight excluding hydrogens is 210 g/mol. The molecule has 0 radical (unpaired) electrons. The van der Waals surface area contributed by atoms with E-state index in [-0.39, 0.29) is 6.10 Å². The minimum Gasteiger partial charge on any atom is -0.392 e. The van der Waals surface area contributed by atoms with Gasteiger partial charge in [-0.3, -0.25) is 0 Å². The molecule has 0 aromatic heterocycles. The second-order valence-electron chi connectivity index (χ2n) is 5.60. The molecule has 102 valence electrons. The lowest BCUT2D eigenvalue weighted by molar-refractivity contribution is 0.157. The van der Waals surface area contributed by atoms with E-state index in [4.69, 9.17) is 0 Å². The maximum absolute atomic E-state index is 9.74. The van der Waals surface area contributed by atoms with Gasteiger partial charge >= 0.3 is 0 Å². The lowest BCUT2D eigenvalue weighted by Crippen LogP contribution is -2.28. The minimum absolute atomic E-state index is 0.115. The largest absolute Gasteiger partial charge is 0.392 e. The van der Waals surface area contributed by atoms with E-state index in [1.165, 1.54) is 64.2 Å². The molecule has 2 nitrogen and oxygen atoms in total. The molecular formula is C15H31NO. The number of hydrogen-bond acceptors (Lipinski definition) is 2. The Balaban J connectivity index is 1.73. The van der Waals surface area contributed by atoms with E-state index >= 15 is 0 Å². The van der Waals surface area contributed by atoms with Gasteiger partial charge in [-0.15, -0.1) is 0 Å². The van der Waals surface area contributed by atoms with Gasteiger partial charge in [0.2, 0.25) is 0 Å². The summed E-state index contributed by atoms with van der Waals surface area (Å²) in [4.78, 5) is 0. The normalized spacial score (nSPS) is 17.3. The number of rotatable bonds is 12.